The number of aromatic nitrogens is 1. The number of halogens is 1. The molecule has 4 rings (SSSR count). The monoisotopic (exact) mass is 396 g/mol. The summed E-state index contributed by atoms with van der Waals surface area (Å²) in [4.78, 5) is 17.7. The van der Waals surface area contributed by atoms with E-state index in [0.717, 1.165) is 26.6 Å². The Morgan fingerprint density at radius 3 is 2.81 bits per heavy atom. The van der Waals surface area contributed by atoms with E-state index in [1.807, 2.05) is 62.4 Å². The number of hydrogen-bond acceptors (Lipinski definition) is 4. The molecule has 0 aliphatic rings. The number of aryl methyl sites for hydroxylation is 1. The number of nitrogens with one attached hydrogen (secondary N) is 1. The minimum atomic E-state index is -0.238. The van der Waals surface area contributed by atoms with E-state index in [2.05, 4.69) is 10.3 Å². The van der Waals surface area contributed by atoms with E-state index in [9.17, 15) is 4.79 Å². The lowest BCUT2D eigenvalue weighted by molar-refractivity contribution is 0.102. The first-order valence-electron chi connectivity index (χ1n) is 8.60. The van der Waals surface area contributed by atoms with Gasteiger partial charge in [0, 0.05) is 5.02 Å². The number of hydrogen-bond donors (Lipinski definition) is 1. The molecule has 0 saturated heterocycles. The molecule has 1 amide bonds. The Morgan fingerprint density at radius 1 is 1.19 bits per heavy atom. The van der Waals surface area contributed by atoms with Crippen LogP contribution in [0, 0.1) is 6.92 Å². The van der Waals surface area contributed by atoms with Gasteiger partial charge in [-0.3, -0.25) is 10.1 Å². The van der Waals surface area contributed by atoms with Crippen LogP contribution in [0.15, 0.2) is 48.5 Å². The molecule has 27 heavy (non-hydrogen) atoms. The molecule has 0 spiro atoms. The number of rotatable bonds is 4. The third-order valence-electron chi connectivity index (χ3n) is 4.39. The summed E-state index contributed by atoms with van der Waals surface area (Å²) in [5.41, 5.74) is 2.24. The van der Waals surface area contributed by atoms with Crippen LogP contribution in [0.1, 0.15) is 22.8 Å². The summed E-state index contributed by atoms with van der Waals surface area (Å²) in [5, 5.41) is 5.97. The Kier molecular flexibility index (Phi) is 4.72. The highest BCUT2D eigenvalue weighted by Gasteiger charge is 2.19. The second kappa shape index (κ2) is 7.18. The second-order valence-electron chi connectivity index (χ2n) is 6.09. The van der Waals surface area contributed by atoms with Crippen LogP contribution in [0.3, 0.4) is 0 Å². The first-order valence-corrected chi connectivity index (χ1v) is 9.79. The van der Waals surface area contributed by atoms with E-state index >= 15 is 0 Å². The Balaban J connectivity index is 1.77. The summed E-state index contributed by atoms with van der Waals surface area (Å²) in [5.74, 6) is 0.326. The predicted molar refractivity (Wildman–Crippen MR) is 112 cm³/mol. The molecule has 4 nitrogen and oxygen atoms in total. The third-order valence-corrected chi connectivity index (χ3v) is 5.73. The zero-order valence-corrected chi connectivity index (χ0v) is 16.4. The standard InChI is InChI=1S/C21H17ClN2O2S/c1-3-26-16-10-8-13-6-4-5-7-14(13)18(16)20(25)24-21-23-19-12(2)15(22)9-11-17(19)27-21/h4-11H,3H2,1-2H3,(H,23,24,25). The number of ether oxygens (including phenoxy) is 1. The number of anilines is 1. The van der Waals surface area contributed by atoms with Gasteiger partial charge in [0.2, 0.25) is 0 Å². The fourth-order valence-electron chi connectivity index (χ4n) is 3.08. The third kappa shape index (κ3) is 3.24. The molecule has 3 aromatic carbocycles. The highest BCUT2D eigenvalue weighted by atomic mass is 35.5. The Hall–Kier alpha value is -2.63. The normalized spacial score (nSPS) is 11.1. The van der Waals surface area contributed by atoms with Gasteiger partial charge in [-0.05, 0) is 48.4 Å². The first kappa shape index (κ1) is 17.8. The van der Waals surface area contributed by atoms with Gasteiger partial charge < -0.3 is 4.74 Å². The fraction of sp³-hybridized carbons (Fsp3) is 0.143. The number of amides is 1. The van der Waals surface area contributed by atoms with Crippen molar-refractivity contribution in [2.24, 2.45) is 0 Å². The van der Waals surface area contributed by atoms with Crippen molar-refractivity contribution < 1.29 is 9.53 Å². The molecular weight excluding hydrogens is 380 g/mol. The van der Waals surface area contributed by atoms with Gasteiger partial charge in [0.25, 0.3) is 5.91 Å². The smallest absolute Gasteiger partial charge is 0.261 e. The molecule has 1 heterocycles. The maximum atomic E-state index is 13.1. The lowest BCUT2D eigenvalue weighted by Gasteiger charge is -2.12. The lowest BCUT2D eigenvalue weighted by Crippen LogP contribution is -2.14. The average Bonchev–Trinajstić information content (AvgIpc) is 3.08. The maximum Gasteiger partial charge on any atom is 0.261 e. The minimum Gasteiger partial charge on any atom is -0.493 e. The highest BCUT2D eigenvalue weighted by Crippen LogP contribution is 2.33. The maximum absolute atomic E-state index is 13.1. The van der Waals surface area contributed by atoms with Gasteiger partial charge >= 0.3 is 0 Å². The molecule has 1 aromatic heterocycles. The van der Waals surface area contributed by atoms with E-state index in [0.29, 0.717) is 28.1 Å². The fourth-order valence-corrected chi connectivity index (χ4v) is 4.15. The van der Waals surface area contributed by atoms with Crippen molar-refractivity contribution in [3.05, 3.63) is 64.7 Å². The Morgan fingerprint density at radius 2 is 2.00 bits per heavy atom. The lowest BCUT2D eigenvalue weighted by atomic mass is 10.0. The van der Waals surface area contributed by atoms with Crippen molar-refractivity contribution in [1.82, 2.24) is 4.98 Å². The van der Waals surface area contributed by atoms with Crippen molar-refractivity contribution in [1.29, 1.82) is 0 Å². The molecule has 4 aromatic rings. The number of carbonyl (C=O) groups excluding carboxylic acids is 1. The van der Waals surface area contributed by atoms with Gasteiger partial charge in [0.1, 0.15) is 5.75 Å². The molecule has 136 valence electrons. The summed E-state index contributed by atoms with van der Waals surface area (Å²) >= 11 is 7.61. The van der Waals surface area contributed by atoms with E-state index in [4.69, 9.17) is 16.3 Å². The van der Waals surface area contributed by atoms with Gasteiger partial charge in [0.05, 0.1) is 22.4 Å². The van der Waals surface area contributed by atoms with Crippen LogP contribution in [-0.4, -0.2) is 17.5 Å². The van der Waals surface area contributed by atoms with Gasteiger partial charge in [-0.1, -0.05) is 53.3 Å². The first-order chi connectivity index (χ1) is 13.1. The molecule has 0 unspecified atom stereocenters. The number of fused-ring (bicyclic) bond motifs is 2. The molecule has 6 heteroatoms. The Bertz CT molecular complexity index is 1170. The second-order valence-corrected chi connectivity index (χ2v) is 7.52. The van der Waals surface area contributed by atoms with Crippen LogP contribution >= 0.6 is 22.9 Å². The van der Waals surface area contributed by atoms with E-state index in [-0.39, 0.29) is 5.91 Å². The molecule has 0 aliphatic heterocycles. The molecule has 0 atom stereocenters. The molecule has 0 radical (unpaired) electrons. The van der Waals surface area contributed by atoms with Crippen LogP contribution in [-0.2, 0) is 0 Å². The van der Waals surface area contributed by atoms with Crippen molar-refractivity contribution in [3.63, 3.8) is 0 Å². The van der Waals surface area contributed by atoms with Crippen molar-refractivity contribution in [2.45, 2.75) is 13.8 Å². The number of nitrogens with zero attached hydrogens (tertiary/aromatic N) is 1. The van der Waals surface area contributed by atoms with Crippen LogP contribution in [0.5, 0.6) is 5.75 Å². The predicted octanol–water partition coefficient (Wildman–Crippen LogP) is 6.06. The zero-order chi connectivity index (χ0) is 19.0. The van der Waals surface area contributed by atoms with Gasteiger partial charge in [0.15, 0.2) is 5.13 Å². The summed E-state index contributed by atoms with van der Waals surface area (Å²) in [6.45, 7) is 4.31. The SMILES string of the molecule is CCOc1ccc2ccccc2c1C(=O)Nc1nc2c(C)c(Cl)ccc2s1. The summed E-state index contributed by atoms with van der Waals surface area (Å²) < 4.78 is 6.68. The summed E-state index contributed by atoms with van der Waals surface area (Å²) in [7, 11) is 0. The molecule has 0 saturated carbocycles. The van der Waals surface area contributed by atoms with E-state index in [1.54, 1.807) is 0 Å². The van der Waals surface area contributed by atoms with Crippen LogP contribution < -0.4 is 10.1 Å². The molecule has 1 N–H and O–H groups in total. The van der Waals surface area contributed by atoms with Crippen molar-refractivity contribution >= 4 is 55.0 Å². The molecule has 0 bridgehead atoms. The van der Waals surface area contributed by atoms with Crippen molar-refractivity contribution in [2.75, 3.05) is 11.9 Å². The number of carbonyl (C=O) groups is 1. The van der Waals surface area contributed by atoms with Crippen LogP contribution in [0.2, 0.25) is 5.02 Å². The van der Waals surface area contributed by atoms with E-state index in [1.165, 1.54) is 11.3 Å². The van der Waals surface area contributed by atoms with Gasteiger partial charge in [-0.25, -0.2) is 4.98 Å². The number of benzene rings is 3. The van der Waals surface area contributed by atoms with Crippen LogP contribution in [0.4, 0.5) is 5.13 Å². The van der Waals surface area contributed by atoms with Gasteiger partial charge in [-0.15, -0.1) is 0 Å². The minimum absolute atomic E-state index is 0.238. The molecular formula is C21H17ClN2O2S. The van der Waals surface area contributed by atoms with Crippen molar-refractivity contribution in [3.8, 4) is 5.75 Å². The quantitative estimate of drug-likeness (QED) is 0.456. The summed E-state index contributed by atoms with van der Waals surface area (Å²) in [6, 6.07) is 15.3. The topological polar surface area (TPSA) is 51.2 Å². The van der Waals surface area contributed by atoms with Crippen LogP contribution in [0.25, 0.3) is 21.0 Å². The Labute approximate surface area is 165 Å². The van der Waals surface area contributed by atoms with Gasteiger partial charge in [-0.2, -0.15) is 0 Å². The largest absolute Gasteiger partial charge is 0.493 e. The average molecular weight is 397 g/mol. The zero-order valence-electron chi connectivity index (χ0n) is 14.9. The van der Waals surface area contributed by atoms with E-state index < -0.39 is 0 Å². The summed E-state index contributed by atoms with van der Waals surface area (Å²) in [6.07, 6.45) is 0. The number of thiazole rings is 1. The molecule has 0 aliphatic carbocycles. The highest BCUT2D eigenvalue weighted by molar-refractivity contribution is 7.22. The molecule has 0 fully saturated rings.